The van der Waals surface area contributed by atoms with Crippen LogP contribution in [-0.2, 0) is 14.3 Å². The zero-order valence-electron chi connectivity index (χ0n) is 21.6. The van der Waals surface area contributed by atoms with E-state index in [2.05, 4.69) is 20.4 Å². The Kier molecular flexibility index (Phi) is 8.27. The van der Waals surface area contributed by atoms with E-state index in [1.165, 1.54) is 7.11 Å². The number of aromatic amines is 1. The summed E-state index contributed by atoms with van der Waals surface area (Å²) < 4.78 is 10.5. The zero-order chi connectivity index (χ0) is 28.2. The number of rotatable bonds is 3. The van der Waals surface area contributed by atoms with Crippen molar-refractivity contribution in [2.75, 3.05) is 24.3 Å². The smallest absolute Gasteiger partial charge is 0.411 e. The molecule has 0 saturated carbocycles. The van der Waals surface area contributed by atoms with E-state index in [1.807, 2.05) is 24.3 Å². The van der Waals surface area contributed by atoms with Crippen LogP contribution in [-0.4, -0.2) is 46.6 Å². The molecular formula is C28H27Cl2N5O5. The van der Waals surface area contributed by atoms with Crippen molar-refractivity contribution in [2.45, 2.75) is 37.8 Å². The number of cyclic esters (lactones) is 1. The first-order valence-corrected chi connectivity index (χ1v) is 13.5. The van der Waals surface area contributed by atoms with E-state index in [4.69, 9.17) is 32.9 Å². The third-order valence-electron chi connectivity index (χ3n) is 6.74. The van der Waals surface area contributed by atoms with Gasteiger partial charge in [-0.1, -0.05) is 47.5 Å². The van der Waals surface area contributed by atoms with Crippen LogP contribution in [0.4, 0.5) is 21.0 Å². The van der Waals surface area contributed by atoms with Crippen LogP contribution in [0.25, 0.3) is 11.3 Å². The maximum atomic E-state index is 13.3. The fourth-order valence-corrected chi connectivity index (χ4v) is 5.22. The Balaban J connectivity index is 1.47. The molecule has 3 aromatic rings. The fraction of sp³-hybridized carbons (Fsp3) is 0.286. The predicted octanol–water partition coefficient (Wildman–Crippen LogP) is 6.87. The lowest BCUT2D eigenvalue weighted by Crippen LogP contribution is -2.41. The second kappa shape index (κ2) is 12.0. The van der Waals surface area contributed by atoms with Gasteiger partial charge in [0.15, 0.2) is 0 Å². The van der Waals surface area contributed by atoms with Crippen LogP contribution in [0.2, 0.25) is 10.2 Å². The van der Waals surface area contributed by atoms with Crippen molar-refractivity contribution >= 4 is 52.7 Å². The van der Waals surface area contributed by atoms with Crippen molar-refractivity contribution in [2.24, 2.45) is 0 Å². The maximum Gasteiger partial charge on any atom is 0.411 e. The number of H-pyrrole nitrogens is 1. The summed E-state index contributed by atoms with van der Waals surface area (Å²) in [5.74, 6) is 0.270. The first kappa shape index (κ1) is 27.5. The van der Waals surface area contributed by atoms with Crippen molar-refractivity contribution in [3.05, 3.63) is 76.2 Å². The Labute approximate surface area is 240 Å². The first-order valence-electron chi connectivity index (χ1n) is 12.7. The number of benzene rings is 2. The Hall–Kier alpha value is -4.02. The summed E-state index contributed by atoms with van der Waals surface area (Å²) in [6.45, 7) is 0.432. The van der Waals surface area contributed by atoms with Crippen molar-refractivity contribution in [3.8, 4) is 11.3 Å². The Bertz CT molecular complexity index is 1470. The highest BCUT2D eigenvalue weighted by Crippen LogP contribution is 2.38. The van der Waals surface area contributed by atoms with Crippen molar-refractivity contribution in [3.63, 3.8) is 0 Å². The number of nitrogens with one attached hydrogen (secondary N) is 3. The third kappa shape index (κ3) is 6.08. The van der Waals surface area contributed by atoms with E-state index >= 15 is 0 Å². The SMILES string of the molecule is COC(=O)Nc1ccc2c(c1)NC(=O)CC/C=C/C[C@H](N1CCC(c3cccc(Cl)c3)OC1=O)c1nc-2c(Cl)[nH]1. The summed E-state index contributed by atoms with van der Waals surface area (Å²) in [4.78, 5) is 47.2. The van der Waals surface area contributed by atoms with Crippen molar-refractivity contribution in [1.82, 2.24) is 14.9 Å². The number of amides is 3. The lowest BCUT2D eigenvalue weighted by Gasteiger charge is -2.36. The number of carbonyl (C=O) groups excluding carboxylic acids is 3. The van der Waals surface area contributed by atoms with E-state index in [0.717, 1.165) is 5.56 Å². The molecular weight excluding hydrogens is 557 g/mol. The minimum atomic E-state index is -0.644. The van der Waals surface area contributed by atoms with Crippen molar-refractivity contribution in [1.29, 1.82) is 0 Å². The lowest BCUT2D eigenvalue weighted by molar-refractivity contribution is -0.116. The highest BCUT2D eigenvalue weighted by Gasteiger charge is 2.35. The van der Waals surface area contributed by atoms with Gasteiger partial charge in [0, 0.05) is 35.7 Å². The Morgan fingerprint density at radius 2 is 2.02 bits per heavy atom. The molecule has 2 aliphatic rings. The van der Waals surface area contributed by atoms with E-state index in [1.54, 1.807) is 35.2 Å². The monoisotopic (exact) mass is 583 g/mol. The minimum Gasteiger partial charge on any atom is -0.453 e. The van der Waals surface area contributed by atoms with E-state index in [-0.39, 0.29) is 17.5 Å². The molecule has 2 aromatic carbocycles. The molecule has 3 amide bonds. The Morgan fingerprint density at radius 3 is 2.80 bits per heavy atom. The van der Waals surface area contributed by atoms with Crippen LogP contribution in [0.5, 0.6) is 0 Å². The number of methoxy groups -OCH3 is 1. The molecule has 3 heterocycles. The molecule has 40 heavy (non-hydrogen) atoms. The number of hydrogen-bond acceptors (Lipinski definition) is 6. The number of aromatic nitrogens is 2. The van der Waals surface area contributed by atoms with Gasteiger partial charge in [-0.2, -0.15) is 0 Å². The first-order chi connectivity index (χ1) is 19.3. The summed E-state index contributed by atoms with van der Waals surface area (Å²) in [6, 6.07) is 11.8. The van der Waals surface area contributed by atoms with Crippen LogP contribution in [0.1, 0.15) is 49.2 Å². The number of allylic oxidation sites excluding steroid dienone is 1. The van der Waals surface area contributed by atoms with E-state index < -0.39 is 24.3 Å². The number of halogens is 2. The van der Waals surface area contributed by atoms with E-state index in [0.29, 0.717) is 59.3 Å². The number of ether oxygens (including phenoxy) is 2. The molecule has 1 aromatic heterocycles. The average Bonchev–Trinajstić information content (AvgIpc) is 3.31. The highest BCUT2D eigenvalue weighted by molar-refractivity contribution is 6.32. The fourth-order valence-electron chi connectivity index (χ4n) is 4.78. The highest BCUT2D eigenvalue weighted by atomic mass is 35.5. The van der Waals surface area contributed by atoms with Crippen LogP contribution >= 0.6 is 23.2 Å². The molecule has 0 radical (unpaired) electrons. The molecule has 0 spiro atoms. The van der Waals surface area contributed by atoms with Crippen LogP contribution in [0.15, 0.2) is 54.6 Å². The normalized spacial score (nSPS) is 20.1. The molecule has 1 saturated heterocycles. The molecule has 12 heteroatoms. The van der Waals surface area contributed by atoms with Gasteiger partial charge in [-0.3, -0.25) is 15.0 Å². The van der Waals surface area contributed by atoms with Gasteiger partial charge in [-0.15, -0.1) is 0 Å². The maximum absolute atomic E-state index is 13.3. The number of carbonyl (C=O) groups is 3. The number of nitrogens with zero attached hydrogens (tertiary/aromatic N) is 2. The Morgan fingerprint density at radius 1 is 1.18 bits per heavy atom. The van der Waals surface area contributed by atoms with Gasteiger partial charge in [0.1, 0.15) is 22.8 Å². The van der Waals surface area contributed by atoms with E-state index in [9.17, 15) is 14.4 Å². The zero-order valence-corrected chi connectivity index (χ0v) is 23.1. The summed E-state index contributed by atoms with van der Waals surface area (Å²) in [7, 11) is 1.26. The second-order valence-electron chi connectivity index (χ2n) is 9.38. The number of hydrogen-bond donors (Lipinski definition) is 3. The number of imidazole rings is 1. The van der Waals surface area contributed by atoms with Gasteiger partial charge < -0.3 is 19.8 Å². The van der Waals surface area contributed by atoms with Crippen LogP contribution in [0.3, 0.4) is 0 Å². The molecule has 5 rings (SSSR count). The molecule has 1 unspecified atom stereocenters. The second-order valence-corrected chi connectivity index (χ2v) is 10.2. The summed E-state index contributed by atoms with van der Waals surface area (Å²) in [6.07, 6.45) is 4.06. The number of fused-ring (bicyclic) bond motifs is 4. The molecule has 0 aliphatic carbocycles. The lowest BCUT2D eigenvalue weighted by atomic mass is 10.0. The molecule has 2 bridgehead atoms. The summed E-state index contributed by atoms with van der Waals surface area (Å²) in [5, 5.41) is 6.30. The quantitative estimate of drug-likeness (QED) is 0.289. The topological polar surface area (TPSA) is 126 Å². The summed E-state index contributed by atoms with van der Waals surface area (Å²) >= 11 is 12.8. The minimum absolute atomic E-state index is 0.213. The summed E-state index contributed by atoms with van der Waals surface area (Å²) in [5.41, 5.74) is 2.62. The van der Waals surface area contributed by atoms with Crippen LogP contribution < -0.4 is 10.6 Å². The predicted molar refractivity (Wildman–Crippen MR) is 151 cm³/mol. The molecule has 208 valence electrons. The van der Waals surface area contributed by atoms with Gasteiger partial charge in [0.2, 0.25) is 5.91 Å². The largest absolute Gasteiger partial charge is 0.453 e. The third-order valence-corrected chi connectivity index (χ3v) is 7.25. The molecule has 1 fully saturated rings. The van der Waals surface area contributed by atoms with Gasteiger partial charge in [-0.25, -0.2) is 14.6 Å². The van der Waals surface area contributed by atoms with Gasteiger partial charge in [0.25, 0.3) is 0 Å². The molecule has 2 aliphatic heterocycles. The molecule has 2 atom stereocenters. The molecule has 10 nitrogen and oxygen atoms in total. The van der Waals surface area contributed by atoms with Gasteiger partial charge >= 0.3 is 12.2 Å². The van der Waals surface area contributed by atoms with Crippen molar-refractivity contribution < 1.29 is 23.9 Å². The average molecular weight is 584 g/mol. The standard InChI is InChI=1S/C28H27Cl2N5O5/c1-39-27(37)31-18-10-11-19-20(15-18)32-23(36)9-4-2-3-8-21(26-33-24(19)25(30)34-26)35-13-12-22(40-28(35)38)16-6-5-7-17(29)14-16/h2-3,5-7,10-11,14-15,21-22H,4,8-9,12-13H2,1H3,(H,31,37)(H,32,36)(H,33,34)/b3-2+/t21-,22?/m0/s1. The van der Waals surface area contributed by atoms with Crippen LogP contribution in [0, 0.1) is 0 Å². The number of anilines is 2. The van der Waals surface area contributed by atoms with Gasteiger partial charge in [0.05, 0.1) is 18.8 Å². The van der Waals surface area contributed by atoms with Gasteiger partial charge in [-0.05, 0) is 48.7 Å². The molecule has 3 N–H and O–H groups in total.